The third-order valence-electron chi connectivity index (χ3n) is 3.47. The van der Waals surface area contributed by atoms with E-state index in [0.29, 0.717) is 20.9 Å². The molecule has 108 valence electrons. The summed E-state index contributed by atoms with van der Waals surface area (Å²) in [5.41, 5.74) is 6.18. The Balaban J connectivity index is 2.36. The van der Waals surface area contributed by atoms with Gasteiger partial charge in [-0.15, -0.1) is 11.3 Å². The summed E-state index contributed by atoms with van der Waals surface area (Å²) in [5, 5.41) is 3.32. The molecule has 1 aromatic carbocycles. The number of nitrogens with two attached hydrogens (primary N) is 1. The topological polar surface area (TPSA) is 55.1 Å². The normalized spacial score (nSPS) is 12.8. The zero-order valence-corrected chi connectivity index (χ0v) is 12.7. The van der Waals surface area contributed by atoms with Crippen molar-refractivity contribution in [2.45, 2.75) is 33.2 Å². The number of amides is 1. The van der Waals surface area contributed by atoms with E-state index < -0.39 is 0 Å². The molecule has 3 nitrogen and oxygen atoms in total. The van der Waals surface area contributed by atoms with Gasteiger partial charge in [0.2, 0.25) is 0 Å². The van der Waals surface area contributed by atoms with Crippen molar-refractivity contribution in [1.82, 2.24) is 5.32 Å². The lowest BCUT2D eigenvalue weighted by molar-refractivity contribution is 0.0929. The molecule has 2 rings (SSSR count). The van der Waals surface area contributed by atoms with E-state index in [0.717, 1.165) is 6.42 Å². The molecule has 1 unspecified atom stereocenters. The van der Waals surface area contributed by atoms with Gasteiger partial charge in [-0.2, -0.15) is 0 Å². The highest BCUT2D eigenvalue weighted by atomic mass is 32.1. The number of halogens is 1. The second kappa shape index (κ2) is 5.79. The smallest absolute Gasteiger partial charge is 0.263 e. The van der Waals surface area contributed by atoms with Gasteiger partial charge in [-0.25, -0.2) is 4.39 Å². The Morgan fingerprint density at radius 3 is 2.70 bits per heavy atom. The summed E-state index contributed by atoms with van der Waals surface area (Å²) < 4.78 is 14.5. The summed E-state index contributed by atoms with van der Waals surface area (Å²) in [7, 11) is 0. The molecule has 1 heterocycles. The molecule has 5 heteroatoms. The molecule has 1 amide bonds. The highest BCUT2D eigenvalue weighted by Gasteiger charge is 2.21. The third-order valence-corrected chi connectivity index (χ3v) is 4.64. The quantitative estimate of drug-likeness (QED) is 0.901. The first-order chi connectivity index (χ1) is 9.45. The van der Waals surface area contributed by atoms with Crippen LogP contribution in [0.15, 0.2) is 18.2 Å². The fourth-order valence-electron chi connectivity index (χ4n) is 2.27. The molecule has 0 fully saturated rings. The van der Waals surface area contributed by atoms with Gasteiger partial charge in [0, 0.05) is 10.7 Å². The van der Waals surface area contributed by atoms with Gasteiger partial charge in [0.25, 0.3) is 5.91 Å². The molecule has 0 aliphatic heterocycles. The van der Waals surface area contributed by atoms with E-state index in [4.69, 9.17) is 5.73 Å². The van der Waals surface area contributed by atoms with E-state index in [-0.39, 0.29) is 23.5 Å². The lowest BCUT2D eigenvalue weighted by Gasteiger charge is -2.20. The van der Waals surface area contributed by atoms with Crippen LogP contribution in [0, 0.1) is 11.7 Å². The van der Waals surface area contributed by atoms with Crippen LogP contribution in [-0.2, 0) is 0 Å². The van der Waals surface area contributed by atoms with Crippen molar-refractivity contribution < 1.29 is 9.18 Å². The SMILES string of the molecule is CCC(NC(=O)c1sc2cccc(F)c2c1N)C(C)C. The predicted octanol–water partition coefficient (Wildman–Crippen LogP) is 3.79. The first kappa shape index (κ1) is 14.8. The van der Waals surface area contributed by atoms with Crippen molar-refractivity contribution in [1.29, 1.82) is 0 Å². The number of nitrogen functional groups attached to an aromatic ring is 1. The van der Waals surface area contributed by atoms with Crippen molar-refractivity contribution in [3.63, 3.8) is 0 Å². The first-order valence-corrected chi connectivity index (χ1v) is 7.54. The van der Waals surface area contributed by atoms with Crippen LogP contribution in [0.5, 0.6) is 0 Å². The van der Waals surface area contributed by atoms with Gasteiger partial charge in [0.15, 0.2) is 0 Å². The summed E-state index contributed by atoms with van der Waals surface area (Å²) in [4.78, 5) is 12.7. The van der Waals surface area contributed by atoms with Crippen molar-refractivity contribution in [3.8, 4) is 0 Å². The molecular formula is C15H19FN2OS. The van der Waals surface area contributed by atoms with Crippen LogP contribution < -0.4 is 11.1 Å². The van der Waals surface area contributed by atoms with E-state index in [1.165, 1.54) is 17.4 Å². The van der Waals surface area contributed by atoms with E-state index >= 15 is 0 Å². The number of hydrogen-bond acceptors (Lipinski definition) is 3. The van der Waals surface area contributed by atoms with Crippen LogP contribution in [0.25, 0.3) is 10.1 Å². The standard InChI is InChI=1S/C15H19FN2OS/c1-4-10(8(2)3)18-15(19)14-13(17)12-9(16)6-5-7-11(12)20-14/h5-8,10H,4,17H2,1-3H3,(H,18,19). The maximum Gasteiger partial charge on any atom is 0.263 e. The summed E-state index contributed by atoms with van der Waals surface area (Å²) in [6.45, 7) is 6.14. The molecular weight excluding hydrogens is 275 g/mol. The Kier molecular flexibility index (Phi) is 4.28. The molecule has 0 aliphatic carbocycles. The third kappa shape index (κ3) is 2.63. The average Bonchev–Trinajstić information content (AvgIpc) is 2.74. The van der Waals surface area contributed by atoms with E-state index in [1.807, 2.05) is 6.92 Å². The minimum Gasteiger partial charge on any atom is -0.397 e. The Bertz CT molecular complexity index is 636. The molecule has 0 bridgehead atoms. The zero-order chi connectivity index (χ0) is 14.9. The van der Waals surface area contributed by atoms with E-state index in [2.05, 4.69) is 19.2 Å². The van der Waals surface area contributed by atoms with Gasteiger partial charge in [-0.1, -0.05) is 26.8 Å². The van der Waals surface area contributed by atoms with Crippen molar-refractivity contribution >= 4 is 33.0 Å². The van der Waals surface area contributed by atoms with Crippen LogP contribution in [0.1, 0.15) is 36.9 Å². The van der Waals surface area contributed by atoms with Crippen molar-refractivity contribution in [3.05, 3.63) is 28.9 Å². The van der Waals surface area contributed by atoms with Crippen LogP contribution in [0.4, 0.5) is 10.1 Å². The number of thiophene rings is 1. The van der Waals surface area contributed by atoms with E-state index in [1.54, 1.807) is 12.1 Å². The molecule has 0 aliphatic rings. The second-order valence-electron chi connectivity index (χ2n) is 5.19. The molecule has 2 aromatic rings. The van der Waals surface area contributed by atoms with Gasteiger partial charge in [-0.3, -0.25) is 4.79 Å². The number of carbonyl (C=O) groups is 1. The number of carbonyl (C=O) groups excluding carboxylic acids is 1. The highest BCUT2D eigenvalue weighted by Crippen LogP contribution is 2.35. The van der Waals surface area contributed by atoms with Crippen molar-refractivity contribution in [2.24, 2.45) is 5.92 Å². The predicted molar refractivity (Wildman–Crippen MR) is 82.6 cm³/mol. The number of hydrogen-bond donors (Lipinski definition) is 2. The molecule has 1 aromatic heterocycles. The number of fused-ring (bicyclic) bond motifs is 1. The van der Waals surface area contributed by atoms with Crippen LogP contribution >= 0.6 is 11.3 Å². The number of anilines is 1. The van der Waals surface area contributed by atoms with Gasteiger partial charge in [0.05, 0.1) is 11.1 Å². The van der Waals surface area contributed by atoms with Crippen molar-refractivity contribution in [2.75, 3.05) is 5.73 Å². The first-order valence-electron chi connectivity index (χ1n) is 6.73. The maximum absolute atomic E-state index is 13.8. The lowest BCUT2D eigenvalue weighted by Crippen LogP contribution is -2.37. The number of nitrogens with one attached hydrogen (secondary N) is 1. The fraction of sp³-hybridized carbons (Fsp3) is 0.400. The van der Waals surface area contributed by atoms with Gasteiger partial charge in [0.1, 0.15) is 10.7 Å². The Morgan fingerprint density at radius 1 is 1.45 bits per heavy atom. The van der Waals surface area contributed by atoms with Crippen LogP contribution in [0.2, 0.25) is 0 Å². The number of benzene rings is 1. The highest BCUT2D eigenvalue weighted by molar-refractivity contribution is 7.21. The van der Waals surface area contributed by atoms with Gasteiger partial charge < -0.3 is 11.1 Å². The number of rotatable bonds is 4. The Hall–Kier alpha value is -1.62. The molecule has 0 saturated heterocycles. The summed E-state index contributed by atoms with van der Waals surface area (Å²) in [5.74, 6) is -0.258. The zero-order valence-electron chi connectivity index (χ0n) is 11.9. The fourth-order valence-corrected chi connectivity index (χ4v) is 3.31. The maximum atomic E-state index is 13.8. The van der Waals surface area contributed by atoms with Gasteiger partial charge >= 0.3 is 0 Å². The minimum absolute atomic E-state index is 0.0944. The minimum atomic E-state index is -0.383. The Labute approximate surface area is 122 Å². The molecule has 0 saturated carbocycles. The molecule has 20 heavy (non-hydrogen) atoms. The largest absolute Gasteiger partial charge is 0.397 e. The summed E-state index contributed by atoms with van der Waals surface area (Å²) in [6, 6.07) is 4.85. The second-order valence-corrected chi connectivity index (χ2v) is 6.24. The molecule has 0 spiro atoms. The van der Waals surface area contributed by atoms with Crippen LogP contribution in [-0.4, -0.2) is 11.9 Å². The average molecular weight is 294 g/mol. The van der Waals surface area contributed by atoms with E-state index in [9.17, 15) is 9.18 Å². The summed E-state index contributed by atoms with van der Waals surface area (Å²) >= 11 is 1.23. The molecule has 1 atom stereocenters. The molecule has 3 N–H and O–H groups in total. The Morgan fingerprint density at radius 2 is 2.15 bits per heavy atom. The monoisotopic (exact) mass is 294 g/mol. The lowest BCUT2D eigenvalue weighted by atomic mass is 10.0. The van der Waals surface area contributed by atoms with Crippen LogP contribution in [0.3, 0.4) is 0 Å². The summed E-state index contributed by atoms with van der Waals surface area (Å²) in [6.07, 6.45) is 0.850. The van der Waals surface area contributed by atoms with Gasteiger partial charge in [-0.05, 0) is 24.5 Å². The molecule has 0 radical (unpaired) electrons.